The Balaban J connectivity index is 1.34. The Hall–Kier alpha value is -4.23. The molecule has 0 bridgehead atoms. The molecule has 1 aromatic heterocycles. The van der Waals surface area contributed by atoms with Crippen LogP contribution in [0.1, 0.15) is 44.4 Å². The van der Waals surface area contributed by atoms with Gasteiger partial charge in [-0.05, 0) is 59.4 Å². The van der Waals surface area contributed by atoms with E-state index in [1.165, 1.54) is 28.3 Å². The van der Waals surface area contributed by atoms with Crippen LogP contribution in [0, 0.1) is 6.92 Å². The average Bonchev–Trinajstić information content (AvgIpc) is 3.38. The fourth-order valence-corrected chi connectivity index (χ4v) is 5.13. The van der Waals surface area contributed by atoms with Crippen molar-refractivity contribution in [3.05, 3.63) is 108 Å². The number of amides is 1. The highest BCUT2D eigenvalue weighted by Crippen LogP contribution is 2.30. The van der Waals surface area contributed by atoms with Crippen LogP contribution >= 0.6 is 11.8 Å². The lowest BCUT2D eigenvalue weighted by Gasteiger charge is -2.19. The topological polar surface area (TPSA) is 72.2 Å². The van der Waals surface area contributed by atoms with E-state index in [2.05, 4.69) is 109 Å². The summed E-state index contributed by atoms with van der Waals surface area (Å²) in [7, 11) is 0. The van der Waals surface area contributed by atoms with Crippen molar-refractivity contribution in [2.24, 2.45) is 5.10 Å². The number of hydrogen-bond acceptors (Lipinski definition) is 5. The van der Waals surface area contributed by atoms with Crippen LogP contribution in [0.4, 0.5) is 0 Å². The summed E-state index contributed by atoms with van der Waals surface area (Å²) in [6, 6.07) is 31.0. The zero-order valence-electron chi connectivity index (χ0n) is 23.5. The third-order valence-corrected chi connectivity index (χ3v) is 7.71. The first-order valence-corrected chi connectivity index (χ1v) is 14.3. The molecule has 40 heavy (non-hydrogen) atoms. The number of thioether (sulfide) groups is 1. The SMILES string of the molecule is C/C(=N/NC(=O)CSc1nnc(-c2ccc(C(C)(C)C)cc2)n1-c1ccc(C)cc1)c1ccc2ccccc2c1. The smallest absolute Gasteiger partial charge is 0.250 e. The van der Waals surface area contributed by atoms with Crippen LogP contribution in [-0.2, 0) is 10.2 Å². The maximum absolute atomic E-state index is 12.8. The molecular formula is C33H33N5OS. The summed E-state index contributed by atoms with van der Waals surface area (Å²) in [6.45, 7) is 10.5. The van der Waals surface area contributed by atoms with E-state index in [0.717, 1.165) is 33.7 Å². The van der Waals surface area contributed by atoms with Crippen LogP contribution in [0.5, 0.6) is 0 Å². The number of benzene rings is 4. The Morgan fingerprint density at radius 1 is 0.900 bits per heavy atom. The van der Waals surface area contributed by atoms with Gasteiger partial charge in [-0.1, -0.05) is 111 Å². The Labute approximate surface area is 239 Å². The summed E-state index contributed by atoms with van der Waals surface area (Å²) in [5, 5.41) is 16.3. The normalized spacial score (nSPS) is 12.1. The molecule has 0 fully saturated rings. The van der Waals surface area contributed by atoms with Crippen LogP contribution in [0.2, 0.25) is 0 Å². The van der Waals surface area contributed by atoms with E-state index >= 15 is 0 Å². The summed E-state index contributed by atoms with van der Waals surface area (Å²) in [5.41, 5.74) is 8.80. The van der Waals surface area contributed by atoms with Gasteiger partial charge in [-0.15, -0.1) is 10.2 Å². The van der Waals surface area contributed by atoms with Gasteiger partial charge in [0.05, 0.1) is 11.5 Å². The van der Waals surface area contributed by atoms with E-state index in [1.807, 2.05) is 41.8 Å². The van der Waals surface area contributed by atoms with Crippen molar-refractivity contribution < 1.29 is 4.79 Å². The number of fused-ring (bicyclic) bond motifs is 1. The molecule has 1 N–H and O–H groups in total. The molecule has 0 aliphatic rings. The van der Waals surface area contributed by atoms with E-state index in [0.29, 0.717) is 5.16 Å². The number of rotatable bonds is 7. The highest BCUT2D eigenvalue weighted by Gasteiger charge is 2.19. The number of hydrazone groups is 1. The first kappa shape index (κ1) is 27.3. The number of aryl methyl sites for hydroxylation is 1. The molecule has 4 aromatic carbocycles. The molecule has 1 heterocycles. The van der Waals surface area contributed by atoms with Crippen molar-refractivity contribution in [2.45, 2.75) is 45.2 Å². The summed E-state index contributed by atoms with van der Waals surface area (Å²) in [6.07, 6.45) is 0. The average molecular weight is 548 g/mol. The molecule has 0 atom stereocenters. The van der Waals surface area contributed by atoms with E-state index in [4.69, 9.17) is 0 Å². The third-order valence-electron chi connectivity index (χ3n) is 6.78. The Kier molecular flexibility index (Phi) is 7.85. The van der Waals surface area contributed by atoms with Crippen molar-refractivity contribution in [1.29, 1.82) is 0 Å². The van der Waals surface area contributed by atoms with Gasteiger partial charge in [-0.2, -0.15) is 5.10 Å². The second-order valence-electron chi connectivity index (χ2n) is 10.9. The first-order chi connectivity index (χ1) is 19.2. The van der Waals surface area contributed by atoms with E-state index in [1.54, 1.807) is 0 Å². The van der Waals surface area contributed by atoms with Gasteiger partial charge in [0.1, 0.15) is 0 Å². The molecule has 6 nitrogen and oxygen atoms in total. The number of carbonyl (C=O) groups is 1. The van der Waals surface area contributed by atoms with Gasteiger partial charge < -0.3 is 0 Å². The monoisotopic (exact) mass is 547 g/mol. The highest BCUT2D eigenvalue weighted by molar-refractivity contribution is 7.99. The third kappa shape index (κ3) is 6.15. The van der Waals surface area contributed by atoms with Crippen molar-refractivity contribution in [2.75, 3.05) is 5.75 Å². The predicted octanol–water partition coefficient (Wildman–Crippen LogP) is 7.33. The van der Waals surface area contributed by atoms with Gasteiger partial charge in [0.15, 0.2) is 11.0 Å². The number of nitrogens with zero attached hydrogens (tertiary/aromatic N) is 4. The Morgan fingerprint density at radius 3 is 2.30 bits per heavy atom. The lowest BCUT2D eigenvalue weighted by Crippen LogP contribution is -2.21. The molecule has 202 valence electrons. The lowest BCUT2D eigenvalue weighted by molar-refractivity contribution is -0.118. The fourth-order valence-electron chi connectivity index (χ4n) is 4.38. The molecule has 5 rings (SSSR count). The summed E-state index contributed by atoms with van der Waals surface area (Å²) >= 11 is 1.33. The number of aromatic nitrogens is 3. The van der Waals surface area contributed by atoms with Crippen molar-refractivity contribution >= 4 is 34.2 Å². The molecule has 0 radical (unpaired) electrons. The van der Waals surface area contributed by atoms with Crippen LogP contribution in [-0.4, -0.2) is 32.1 Å². The molecule has 0 saturated heterocycles. The van der Waals surface area contributed by atoms with E-state index < -0.39 is 0 Å². The Bertz CT molecular complexity index is 1680. The molecule has 0 saturated carbocycles. The number of carbonyl (C=O) groups excluding carboxylic acids is 1. The fraction of sp³-hybridized carbons (Fsp3) is 0.212. The van der Waals surface area contributed by atoms with E-state index in [9.17, 15) is 4.79 Å². The lowest BCUT2D eigenvalue weighted by atomic mass is 9.87. The summed E-state index contributed by atoms with van der Waals surface area (Å²) < 4.78 is 2.01. The van der Waals surface area contributed by atoms with Gasteiger partial charge >= 0.3 is 0 Å². The van der Waals surface area contributed by atoms with Crippen molar-refractivity contribution in [3.8, 4) is 17.1 Å². The minimum absolute atomic E-state index is 0.0622. The molecule has 0 spiro atoms. The highest BCUT2D eigenvalue weighted by atomic mass is 32.2. The van der Waals surface area contributed by atoms with Crippen LogP contribution < -0.4 is 5.43 Å². The van der Waals surface area contributed by atoms with Crippen molar-refractivity contribution in [1.82, 2.24) is 20.2 Å². The summed E-state index contributed by atoms with van der Waals surface area (Å²) in [5.74, 6) is 0.679. The molecule has 7 heteroatoms. The summed E-state index contributed by atoms with van der Waals surface area (Å²) in [4.78, 5) is 12.8. The van der Waals surface area contributed by atoms with Gasteiger partial charge in [-0.25, -0.2) is 5.43 Å². The van der Waals surface area contributed by atoms with Gasteiger partial charge in [-0.3, -0.25) is 9.36 Å². The zero-order chi connectivity index (χ0) is 28.3. The first-order valence-electron chi connectivity index (χ1n) is 13.3. The predicted molar refractivity (Wildman–Crippen MR) is 165 cm³/mol. The van der Waals surface area contributed by atoms with Gasteiger partial charge in [0.2, 0.25) is 0 Å². The van der Waals surface area contributed by atoms with Crippen LogP contribution in [0.25, 0.3) is 27.8 Å². The van der Waals surface area contributed by atoms with Gasteiger partial charge in [0, 0.05) is 11.3 Å². The second kappa shape index (κ2) is 11.5. The second-order valence-corrected chi connectivity index (χ2v) is 11.8. The molecule has 0 aliphatic heterocycles. The van der Waals surface area contributed by atoms with Crippen LogP contribution in [0.3, 0.4) is 0 Å². The number of hydrogen-bond donors (Lipinski definition) is 1. The largest absolute Gasteiger partial charge is 0.272 e. The standard InChI is InChI=1S/C33H33N5OS/c1-22-10-18-29(19-11-22)38-31(25-14-16-28(17-15-25)33(3,4)5)36-37-32(38)40-21-30(39)35-34-23(2)26-13-12-24-8-6-7-9-27(24)20-26/h6-20H,21H2,1-5H3,(H,35,39)/b34-23-. The number of nitrogens with one attached hydrogen (secondary N) is 1. The van der Waals surface area contributed by atoms with Gasteiger partial charge in [0.25, 0.3) is 5.91 Å². The maximum atomic E-state index is 12.8. The molecular weight excluding hydrogens is 514 g/mol. The maximum Gasteiger partial charge on any atom is 0.250 e. The molecule has 5 aromatic rings. The van der Waals surface area contributed by atoms with Crippen LogP contribution in [0.15, 0.2) is 101 Å². The minimum atomic E-state index is -0.209. The Morgan fingerprint density at radius 2 is 1.60 bits per heavy atom. The quantitative estimate of drug-likeness (QED) is 0.132. The minimum Gasteiger partial charge on any atom is -0.272 e. The molecule has 0 unspecified atom stereocenters. The van der Waals surface area contributed by atoms with Crippen molar-refractivity contribution in [3.63, 3.8) is 0 Å². The zero-order valence-corrected chi connectivity index (χ0v) is 24.3. The molecule has 0 aliphatic carbocycles. The van der Waals surface area contributed by atoms with E-state index in [-0.39, 0.29) is 17.1 Å². The molecule has 1 amide bonds.